The van der Waals surface area contributed by atoms with E-state index in [2.05, 4.69) is 4.98 Å². The van der Waals surface area contributed by atoms with Crippen LogP contribution in [-0.4, -0.2) is 41.5 Å². The van der Waals surface area contributed by atoms with Crippen LogP contribution in [0.5, 0.6) is 5.75 Å². The van der Waals surface area contributed by atoms with Crippen LogP contribution in [0.3, 0.4) is 0 Å². The molecule has 3 aromatic rings. The maximum Gasteiger partial charge on any atom is 0.242 e. The number of phenolic OH excluding ortho intramolecular Hbond substituents is 1. The minimum absolute atomic E-state index is 0.208. The minimum Gasteiger partial charge on any atom is -0.508 e. The van der Waals surface area contributed by atoms with Crippen molar-refractivity contribution in [2.75, 3.05) is 14.1 Å². The molecule has 25 heavy (non-hydrogen) atoms. The molecule has 3 rings (SSSR count). The largest absolute Gasteiger partial charge is 0.508 e. The van der Waals surface area contributed by atoms with Gasteiger partial charge in [-0.25, -0.2) is 17.7 Å². The number of aromatic hydroxyl groups is 1. The lowest BCUT2D eigenvalue weighted by Crippen LogP contribution is -2.22. The molecule has 1 aromatic heterocycles. The lowest BCUT2D eigenvalue weighted by molar-refractivity contribution is 0.475. The fourth-order valence-corrected chi connectivity index (χ4v) is 3.38. The molecule has 0 fully saturated rings. The molecule has 7 heteroatoms. The second-order valence-electron chi connectivity index (χ2n) is 5.86. The summed E-state index contributed by atoms with van der Waals surface area (Å²) in [4.78, 5) is 4.64. The Labute approximate surface area is 147 Å². The summed E-state index contributed by atoms with van der Waals surface area (Å²) in [5, 5.41) is 9.41. The molecule has 2 aromatic carbocycles. The molecule has 0 aliphatic rings. The zero-order valence-corrected chi connectivity index (χ0v) is 14.8. The van der Waals surface area contributed by atoms with Crippen molar-refractivity contribution in [3.05, 3.63) is 66.5 Å². The number of hydrogen-bond acceptors (Lipinski definition) is 4. The molecule has 0 aliphatic carbocycles. The number of benzene rings is 2. The van der Waals surface area contributed by atoms with Gasteiger partial charge >= 0.3 is 0 Å². The summed E-state index contributed by atoms with van der Waals surface area (Å²) in [6.07, 6.45) is 3.58. The molecule has 0 amide bonds. The SMILES string of the molecule is CN(C)S(=O)(=O)c1ccc(Cn2ccnc2-c2ccc(O)cc2)cc1. The molecule has 0 unspecified atom stereocenters. The second kappa shape index (κ2) is 6.70. The van der Waals surface area contributed by atoms with Gasteiger partial charge in [-0.3, -0.25) is 0 Å². The Morgan fingerprint density at radius 2 is 1.68 bits per heavy atom. The molecule has 1 heterocycles. The smallest absolute Gasteiger partial charge is 0.242 e. The molecule has 0 radical (unpaired) electrons. The predicted molar refractivity (Wildman–Crippen MR) is 95.7 cm³/mol. The minimum atomic E-state index is -3.42. The lowest BCUT2D eigenvalue weighted by atomic mass is 10.2. The molecule has 0 atom stereocenters. The Morgan fingerprint density at radius 3 is 2.28 bits per heavy atom. The fraction of sp³-hybridized carbons (Fsp3) is 0.167. The van der Waals surface area contributed by atoms with Gasteiger partial charge in [0, 0.05) is 38.6 Å². The number of imidazole rings is 1. The van der Waals surface area contributed by atoms with Crippen molar-refractivity contribution in [3.8, 4) is 17.1 Å². The molecule has 130 valence electrons. The second-order valence-corrected chi connectivity index (χ2v) is 8.01. The van der Waals surface area contributed by atoms with Crippen LogP contribution >= 0.6 is 0 Å². The van der Waals surface area contributed by atoms with Crippen molar-refractivity contribution in [1.29, 1.82) is 0 Å². The van der Waals surface area contributed by atoms with Crippen LogP contribution in [0.2, 0.25) is 0 Å². The third-order valence-corrected chi connectivity index (χ3v) is 5.73. The first-order valence-corrected chi connectivity index (χ1v) is 9.14. The van der Waals surface area contributed by atoms with E-state index in [1.807, 2.05) is 10.8 Å². The molecule has 6 nitrogen and oxygen atoms in total. The Kier molecular flexibility index (Phi) is 4.61. The zero-order valence-electron chi connectivity index (χ0n) is 14.0. The average Bonchev–Trinajstić information content (AvgIpc) is 3.04. The monoisotopic (exact) mass is 357 g/mol. The first-order chi connectivity index (χ1) is 11.9. The Hall–Kier alpha value is -2.64. The fourth-order valence-electron chi connectivity index (χ4n) is 2.48. The predicted octanol–water partition coefficient (Wildman–Crippen LogP) is 2.55. The number of sulfonamides is 1. The van der Waals surface area contributed by atoms with Gasteiger partial charge in [0.2, 0.25) is 10.0 Å². The van der Waals surface area contributed by atoms with Gasteiger partial charge in [-0.15, -0.1) is 0 Å². The van der Waals surface area contributed by atoms with Gasteiger partial charge in [-0.05, 0) is 42.0 Å². The van der Waals surface area contributed by atoms with Gasteiger partial charge in [0.25, 0.3) is 0 Å². The Balaban J connectivity index is 1.85. The van der Waals surface area contributed by atoms with Gasteiger partial charge in [0.15, 0.2) is 0 Å². The number of phenols is 1. The normalized spacial score (nSPS) is 11.8. The van der Waals surface area contributed by atoms with E-state index in [4.69, 9.17) is 0 Å². The summed E-state index contributed by atoms with van der Waals surface area (Å²) in [5.41, 5.74) is 1.87. The van der Waals surface area contributed by atoms with Crippen LogP contribution in [0.1, 0.15) is 5.56 Å². The number of hydrogen-bond donors (Lipinski definition) is 1. The summed E-state index contributed by atoms with van der Waals surface area (Å²) >= 11 is 0. The van der Waals surface area contributed by atoms with Gasteiger partial charge in [0.05, 0.1) is 4.90 Å². The number of rotatable bonds is 5. The van der Waals surface area contributed by atoms with E-state index >= 15 is 0 Å². The molecular weight excluding hydrogens is 338 g/mol. The van der Waals surface area contributed by atoms with Crippen LogP contribution in [0.25, 0.3) is 11.4 Å². The first kappa shape index (κ1) is 17.2. The third kappa shape index (κ3) is 3.57. The van der Waals surface area contributed by atoms with E-state index in [-0.39, 0.29) is 10.6 Å². The van der Waals surface area contributed by atoms with E-state index in [1.165, 1.54) is 18.4 Å². The van der Waals surface area contributed by atoms with E-state index in [9.17, 15) is 13.5 Å². The maximum absolute atomic E-state index is 12.1. The van der Waals surface area contributed by atoms with Crippen molar-refractivity contribution in [1.82, 2.24) is 13.9 Å². The highest BCUT2D eigenvalue weighted by Gasteiger charge is 2.16. The van der Waals surface area contributed by atoms with E-state index < -0.39 is 10.0 Å². The summed E-state index contributed by atoms with van der Waals surface area (Å²) < 4.78 is 27.4. The molecular formula is C18H19N3O3S. The first-order valence-electron chi connectivity index (χ1n) is 7.70. The maximum atomic E-state index is 12.1. The highest BCUT2D eigenvalue weighted by molar-refractivity contribution is 7.89. The third-order valence-electron chi connectivity index (χ3n) is 3.90. The Bertz CT molecular complexity index is 960. The van der Waals surface area contributed by atoms with Crippen molar-refractivity contribution in [3.63, 3.8) is 0 Å². The van der Waals surface area contributed by atoms with Gasteiger partial charge in [-0.1, -0.05) is 12.1 Å². The molecule has 0 spiro atoms. The van der Waals surface area contributed by atoms with Crippen molar-refractivity contribution in [2.45, 2.75) is 11.4 Å². The lowest BCUT2D eigenvalue weighted by Gasteiger charge is -2.12. The standard InChI is InChI=1S/C18H19N3O3S/c1-20(2)25(23,24)17-9-3-14(4-10-17)13-21-12-11-19-18(21)15-5-7-16(22)8-6-15/h3-12,22H,13H2,1-2H3. The highest BCUT2D eigenvalue weighted by atomic mass is 32.2. The molecule has 1 N–H and O–H groups in total. The van der Waals surface area contributed by atoms with Crippen LogP contribution < -0.4 is 0 Å². The molecule has 0 saturated heterocycles. The van der Waals surface area contributed by atoms with Crippen molar-refractivity contribution < 1.29 is 13.5 Å². The topological polar surface area (TPSA) is 75.4 Å². The Morgan fingerprint density at radius 1 is 1.04 bits per heavy atom. The summed E-state index contributed by atoms with van der Waals surface area (Å²) in [6.45, 7) is 0.568. The summed E-state index contributed by atoms with van der Waals surface area (Å²) in [7, 11) is -0.395. The molecule has 0 bridgehead atoms. The van der Waals surface area contributed by atoms with Crippen LogP contribution in [0.15, 0.2) is 65.8 Å². The van der Waals surface area contributed by atoms with E-state index in [0.29, 0.717) is 6.54 Å². The number of nitrogens with zero attached hydrogens (tertiary/aromatic N) is 3. The van der Waals surface area contributed by atoms with Crippen LogP contribution in [0, 0.1) is 0 Å². The van der Waals surface area contributed by atoms with Crippen molar-refractivity contribution >= 4 is 10.0 Å². The van der Waals surface area contributed by atoms with E-state index in [0.717, 1.165) is 17.0 Å². The number of aromatic nitrogens is 2. The van der Waals surface area contributed by atoms with Crippen LogP contribution in [-0.2, 0) is 16.6 Å². The quantitative estimate of drug-likeness (QED) is 0.761. The van der Waals surface area contributed by atoms with E-state index in [1.54, 1.807) is 54.7 Å². The van der Waals surface area contributed by atoms with Gasteiger partial charge in [0.1, 0.15) is 11.6 Å². The van der Waals surface area contributed by atoms with Crippen LogP contribution in [0.4, 0.5) is 0 Å². The summed E-state index contributed by atoms with van der Waals surface area (Å²) in [6, 6.07) is 13.7. The van der Waals surface area contributed by atoms with Gasteiger partial charge in [-0.2, -0.15) is 0 Å². The van der Waals surface area contributed by atoms with Crippen molar-refractivity contribution in [2.24, 2.45) is 0 Å². The molecule has 0 saturated carbocycles. The zero-order chi connectivity index (χ0) is 18.0. The average molecular weight is 357 g/mol. The summed E-state index contributed by atoms with van der Waals surface area (Å²) in [5.74, 6) is 0.990. The van der Waals surface area contributed by atoms with Gasteiger partial charge < -0.3 is 9.67 Å². The molecule has 0 aliphatic heterocycles. The highest BCUT2D eigenvalue weighted by Crippen LogP contribution is 2.22.